The van der Waals surface area contributed by atoms with Crippen LogP contribution in [-0.2, 0) is 12.8 Å². The second kappa shape index (κ2) is 6.22. The van der Waals surface area contributed by atoms with Crippen molar-refractivity contribution >= 4 is 11.0 Å². The molecule has 5 rings (SSSR count). The van der Waals surface area contributed by atoms with E-state index in [0.717, 1.165) is 55.9 Å². The Kier molecular flexibility index (Phi) is 3.96. The Morgan fingerprint density at radius 3 is 2.62 bits per heavy atom. The number of aromatic nitrogens is 3. The first-order valence-electron chi connectivity index (χ1n) is 10.5. The predicted molar refractivity (Wildman–Crippen MR) is 104 cm³/mol. The van der Waals surface area contributed by atoms with Crippen molar-refractivity contribution in [3.05, 3.63) is 27.7 Å². The van der Waals surface area contributed by atoms with Gasteiger partial charge in [0.05, 0.1) is 12.4 Å². The van der Waals surface area contributed by atoms with Crippen LogP contribution in [0.2, 0.25) is 0 Å². The van der Waals surface area contributed by atoms with Gasteiger partial charge in [0.15, 0.2) is 0 Å². The van der Waals surface area contributed by atoms with Crippen LogP contribution in [0.3, 0.4) is 0 Å². The summed E-state index contributed by atoms with van der Waals surface area (Å²) in [5.74, 6) is 0.856. The summed E-state index contributed by atoms with van der Waals surface area (Å²) in [6.07, 6.45) is 11.5. The molecule has 0 amide bonds. The summed E-state index contributed by atoms with van der Waals surface area (Å²) in [4.78, 5) is 16.2. The van der Waals surface area contributed by atoms with Crippen molar-refractivity contribution in [3.63, 3.8) is 0 Å². The van der Waals surface area contributed by atoms with Gasteiger partial charge >= 0.3 is 0 Å². The van der Waals surface area contributed by atoms with Crippen LogP contribution in [0.4, 0.5) is 0 Å². The minimum atomic E-state index is 0.215. The number of hydrogen-bond acceptors (Lipinski definition) is 3. The van der Waals surface area contributed by atoms with E-state index in [1.807, 2.05) is 6.20 Å². The minimum absolute atomic E-state index is 0.215. The number of pyridine rings is 1. The van der Waals surface area contributed by atoms with Crippen molar-refractivity contribution < 1.29 is 0 Å². The van der Waals surface area contributed by atoms with Gasteiger partial charge < -0.3 is 0 Å². The Morgan fingerprint density at radius 1 is 1.12 bits per heavy atom. The molecule has 26 heavy (non-hydrogen) atoms. The maximum Gasteiger partial charge on any atom is 0.257 e. The lowest BCUT2D eigenvalue weighted by molar-refractivity contribution is 0.184. The molecule has 1 atom stereocenters. The highest BCUT2D eigenvalue weighted by atomic mass is 16.1. The Hall–Kier alpha value is -1.62. The lowest BCUT2D eigenvalue weighted by Crippen LogP contribution is -2.38. The van der Waals surface area contributed by atoms with E-state index in [-0.39, 0.29) is 17.8 Å². The third-order valence-corrected chi connectivity index (χ3v) is 6.57. The van der Waals surface area contributed by atoms with Gasteiger partial charge in [-0.05, 0) is 76.7 Å². The molecule has 3 aliphatic rings. The fourth-order valence-electron chi connectivity index (χ4n) is 5.09. The molecule has 2 aliphatic carbocycles. The third kappa shape index (κ3) is 2.55. The molecule has 0 aromatic carbocycles. The van der Waals surface area contributed by atoms with Crippen LogP contribution in [-0.4, -0.2) is 32.3 Å². The molecule has 0 N–H and O–H groups in total. The van der Waals surface area contributed by atoms with E-state index in [4.69, 9.17) is 5.10 Å². The molecular weight excluding hydrogens is 324 g/mol. The molecular formula is C21H30N4O. The summed E-state index contributed by atoms with van der Waals surface area (Å²) in [5, 5.41) is 5.94. The zero-order valence-electron chi connectivity index (χ0n) is 16.1. The number of fused-ring (bicyclic) bond motifs is 3. The molecule has 2 fully saturated rings. The van der Waals surface area contributed by atoms with Gasteiger partial charge in [0.1, 0.15) is 5.65 Å². The van der Waals surface area contributed by atoms with Crippen LogP contribution in [0.15, 0.2) is 11.0 Å². The Bertz CT molecular complexity index is 890. The lowest BCUT2D eigenvalue weighted by Gasteiger charge is -2.29. The standard InChI is InChI=1S/C21H30N4O/c1-14(2)25-20-18(12-22-25)16-6-3-4-7-17(16)21(26)24(20)19-8-5-11-23(19)13-15-9-10-15/h12,14-15,19H,3-11,13H2,1-2H3. The molecule has 140 valence electrons. The van der Waals surface area contributed by atoms with Gasteiger partial charge in [-0.25, -0.2) is 4.68 Å². The van der Waals surface area contributed by atoms with Crippen LogP contribution in [0, 0.1) is 5.92 Å². The second-order valence-electron chi connectivity index (χ2n) is 8.82. The Morgan fingerprint density at radius 2 is 1.88 bits per heavy atom. The molecule has 2 aromatic rings. The zero-order chi connectivity index (χ0) is 17.8. The Labute approximate surface area is 155 Å². The monoisotopic (exact) mass is 354 g/mol. The molecule has 1 saturated heterocycles. The highest BCUT2D eigenvalue weighted by Crippen LogP contribution is 2.37. The fraction of sp³-hybridized carbons (Fsp3) is 0.714. The fourth-order valence-corrected chi connectivity index (χ4v) is 5.09. The molecule has 1 saturated carbocycles. The Balaban J connectivity index is 1.73. The highest BCUT2D eigenvalue weighted by molar-refractivity contribution is 5.81. The lowest BCUT2D eigenvalue weighted by atomic mass is 9.91. The minimum Gasteiger partial charge on any atom is -0.283 e. The van der Waals surface area contributed by atoms with E-state index in [9.17, 15) is 4.79 Å². The summed E-state index contributed by atoms with van der Waals surface area (Å²) >= 11 is 0. The maximum absolute atomic E-state index is 13.6. The molecule has 5 heteroatoms. The molecule has 5 nitrogen and oxygen atoms in total. The highest BCUT2D eigenvalue weighted by Gasteiger charge is 2.35. The first-order valence-corrected chi connectivity index (χ1v) is 10.5. The number of nitrogens with zero attached hydrogens (tertiary/aromatic N) is 4. The van der Waals surface area contributed by atoms with Crippen molar-refractivity contribution in [2.24, 2.45) is 5.92 Å². The van der Waals surface area contributed by atoms with E-state index < -0.39 is 0 Å². The van der Waals surface area contributed by atoms with Crippen LogP contribution in [0.5, 0.6) is 0 Å². The van der Waals surface area contributed by atoms with E-state index in [0.29, 0.717) is 0 Å². The predicted octanol–water partition coefficient (Wildman–Crippen LogP) is 3.66. The van der Waals surface area contributed by atoms with Gasteiger partial charge in [-0.15, -0.1) is 0 Å². The molecule has 0 spiro atoms. The topological polar surface area (TPSA) is 43.1 Å². The quantitative estimate of drug-likeness (QED) is 0.841. The van der Waals surface area contributed by atoms with E-state index in [2.05, 4.69) is 28.0 Å². The van der Waals surface area contributed by atoms with E-state index >= 15 is 0 Å². The normalized spacial score (nSPS) is 23.9. The first-order chi connectivity index (χ1) is 12.6. The van der Waals surface area contributed by atoms with Gasteiger partial charge in [0.25, 0.3) is 5.56 Å². The second-order valence-corrected chi connectivity index (χ2v) is 8.82. The number of likely N-dealkylation sites (tertiary alicyclic amines) is 1. The number of hydrogen-bond donors (Lipinski definition) is 0. The number of aryl methyl sites for hydroxylation is 1. The molecule has 3 heterocycles. The van der Waals surface area contributed by atoms with Crippen molar-refractivity contribution in [3.8, 4) is 0 Å². The average Bonchev–Trinajstić information content (AvgIpc) is 3.15. The van der Waals surface area contributed by atoms with Gasteiger partial charge in [-0.1, -0.05) is 0 Å². The third-order valence-electron chi connectivity index (χ3n) is 6.57. The molecule has 1 unspecified atom stereocenters. The van der Waals surface area contributed by atoms with Crippen LogP contribution in [0.25, 0.3) is 11.0 Å². The maximum atomic E-state index is 13.6. The summed E-state index contributed by atoms with van der Waals surface area (Å²) in [7, 11) is 0. The van der Waals surface area contributed by atoms with Crippen LogP contribution < -0.4 is 5.56 Å². The van der Waals surface area contributed by atoms with Gasteiger partial charge in [0, 0.05) is 30.1 Å². The summed E-state index contributed by atoms with van der Waals surface area (Å²) in [6, 6.07) is 0.262. The first kappa shape index (κ1) is 16.5. The van der Waals surface area contributed by atoms with Crippen LogP contribution in [0.1, 0.15) is 75.7 Å². The molecule has 2 aromatic heterocycles. The smallest absolute Gasteiger partial charge is 0.257 e. The van der Waals surface area contributed by atoms with Gasteiger partial charge in [-0.3, -0.25) is 14.3 Å². The number of rotatable bonds is 4. The van der Waals surface area contributed by atoms with Gasteiger partial charge in [0.2, 0.25) is 0 Å². The van der Waals surface area contributed by atoms with Crippen molar-refractivity contribution in [2.75, 3.05) is 13.1 Å². The summed E-state index contributed by atoms with van der Waals surface area (Å²) in [6.45, 7) is 6.61. The van der Waals surface area contributed by atoms with Gasteiger partial charge in [-0.2, -0.15) is 5.10 Å². The summed E-state index contributed by atoms with van der Waals surface area (Å²) in [5.41, 5.74) is 3.69. The zero-order valence-corrected chi connectivity index (χ0v) is 16.1. The molecule has 0 bridgehead atoms. The van der Waals surface area contributed by atoms with Crippen molar-refractivity contribution in [1.29, 1.82) is 0 Å². The van der Waals surface area contributed by atoms with Crippen LogP contribution >= 0.6 is 0 Å². The molecule has 0 radical (unpaired) electrons. The van der Waals surface area contributed by atoms with E-state index in [1.54, 1.807) is 0 Å². The average molecular weight is 354 g/mol. The summed E-state index contributed by atoms with van der Waals surface area (Å²) < 4.78 is 4.22. The molecule has 1 aliphatic heterocycles. The largest absolute Gasteiger partial charge is 0.283 e. The van der Waals surface area contributed by atoms with Crippen molar-refractivity contribution in [1.82, 2.24) is 19.2 Å². The van der Waals surface area contributed by atoms with Crippen molar-refractivity contribution in [2.45, 2.75) is 77.4 Å². The van der Waals surface area contributed by atoms with E-state index in [1.165, 1.54) is 36.6 Å². The SMILES string of the molecule is CC(C)n1ncc2c3c(c(=O)n(C4CCCN4CC4CC4)c21)CCCC3.